The molecule has 19 heavy (non-hydrogen) atoms. The molecule has 0 radical (unpaired) electrons. The Morgan fingerprint density at radius 3 is 2.74 bits per heavy atom. The monoisotopic (exact) mass is 320 g/mol. The van der Waals surface area contributed by atoms with Crippen molar-refractivity contribution in [1.29, 1.82) is 5.26 Å². The van der Waals surface area contributed by atoms with E-state index in [0.29, 0.717) is 11.4 Å². The summed E-state index contributed by atoms with van der Waals surface area (Å²) in [6.45, 7) is 0. The van der Waals surface area contributed by atoms with Gasteiger partial charge in [0, 0.05) is 16.2 Å². The Labute approximate surface area is 118 Å². The van der Waals surface area contributed by atoms with Gasteiger partial charge in [-0.3, -0.25) is 0 Å². The van der Waals surface area contributed by atoms with Crippen molar-refractivity contribution >= 4 is 27.3 Å². The van der Waals surface area contributed by atoms with Gasteiger partial charge >= 0.3 is 0 Å². The number of nitriles is 1. The van der Waals surface area contributed by atoms with E-state index in [1.165, 1.54) is 12.1 Å². The van der Waals surface area contributed by atoms with Crippen molar-refractivity contribution in [2.24, 2.45) is 0 Å². The van der Waals surface area contributed by atoms with Crippen molar-refractivity contribution in [2.45, 2.75) is 0 Å². The lowest BCUT2D eigenvalue weighted by Gasteiger charge is -2.10. The highest BCUT2D eigenvalue weighted by molar-refractivity contribution is 9.10. The van der Waals surface area contributed by atoms with Gasteiger partial charge in [-0.15, -0.1) is 0 Å². The molecule has 0 aliphatic heterocycles. The second-order valence-corrected chi connectivity index (χ2v) is 4.67. The third kappa shape index (κ3) is 3.24. The van der Waals surface area contributed by atoms with Gasteiger partial charge in [0.2, 0.25) is 0 Å². The molecule has 0 aromatic heterocycles. The Kier molecular flexibility index (Phi) is 4.03. The van der Waals surface area contributed by atoms with Crippen molar-refractivity contribution in [3.63, 3.8) is 0 Å². The first-order valence-corrected chi connectivity index (χ1v) is 6.23. The molecule has 0 spiro atoms. The maximum absolute atomic E-state index is 13.3. The highest BCUT2D eigenvalue weighted by Gasteiger charge is 2.05. The summed E-state index contributed by atoms with van der Waals surface area (Å²) in [6.07, 6.45) is 0. The standard InChI is InChI=1S/C14H10BrFN2O/c1-19-12-2-3-13(15)14(7-12)18-11-5-9(8-17)4-10(16)6-11/h2-7,18H,1H3. The van der Waals surface area contributed by atoms with E-state index >= 15 is 0 Å². The summed E-state index contributed by atoms with van der Waals surface area (Å²) >= 11 is 3.39. The quantitative estimate of drug-likeness (QED) is 0.921. The maximum atomic E-state index is 13.3. The number of benzene rings is 2. The highest BCUT2D eigenvalue weighted by Crippen LogP contribution is 2.30. The van der Waals surface area contributed by atoms with Crippen LogP contribution in [0.2, 0.25) is 0 Å². The van der Waals surface area contributed by atoms with Gasteiger partial charge in [0.15, 0.2) is 0 Å². The number of anilines is 2. The van der Waals surface area contributed by atoms with Gasteiger partial charge < -0.3 is 10.1 Å². The molecule has 0 atom stereocenters. The third-order valence-corrected chi connectivity index (χ3v) is 3.17. The Balaban J connectivity index is 2.36. The summed E-state index contributed by atoms with van der Waals surface area (Å²) < 4.78 is 19.3. The number of hydrogen-bond acceptors (Lipinski definition) is 3. The van der Waals surface area contributed by atoms with Crippen LogP contribution in [0.1, 0.15) is 5.56 Å². The Bertz CT molecular complexity index is 652. The molecule has 0 heterocycles. The first-order chi connectivity index (χ1) is 9.12. The van der Waals surface area contributed by atoms with E-state index in [-0.39, 0.29) is 5.56 Å². The van der Waals surface area contributed by atoms with Crippen LogP contribution in [0.5, 0.6) is 5.75 Å². The lowest BCUT2D eigenvalue weighted by atomic mass is 10.2. The molecule has 0 aliphatic rings. The van der Waals surface area contributed by atoms with E-state index in [2.05, 4.69) is 21.2 Å². The normalized spacial score (nSPS) is 9.79. The fourth-order valence-electron chi connectivity index (χ4n) is 1.61. The Hall–Kier alpha value is -2.06. The Morgan fingerprint density at radius 1 is 1.26 bits per heavy atom. The van der Waals surface area contributed by atoms with Crippen molar-refractivity contribution < 1.29 is 9.13 Å². The largest absolute Gasteiger partial charge is 0.497 e. The number of rotatable bonds is 3. The molecule has 0 fully saturated rings. The smallest absolute Gasteiger partial charge is 0.126 e. The fraction of sp³-hybridized carbons (Fsp3) is 0.0714. The van der Waals surface area contributed by atoms with Crippen LogP contribution in [0, 0.1) is 17.1 Å². The lowest BCUT2D eigenvalue weighted by molar-refractivity contribution is 0.415. The molecule has 0 bridgehead atoms. The van der Waals surface area contributed by atoms with Crippen LogP contribution in [0.3, 0.4) is 0 Å². The summed E-state index contributed by atoms with van der Waals surface area (Å²) in [7, 11) is 1.57. The number of hydrogen-bond donors (Lipinski definition) is 1. The molecule has 0 saturated carbocycles. The molecule has 1 N–H and O–H groups in total. The highest BCUT2D eigenvalue weighted by atomic mass is 79.9. The van der Waals surface area contributed by atoms with Crippen LogP contribution in [0.4, 0.5) is 15.8 Å². The zero-order valence-corrected chi connectivity index (χ0v) is 11.7. The molecule has 3 nitrogen and oxygen atoms in total. The molecule has 5 heteroatoms. The summed E-state index contributed by atoms with van der Waals surface area (Å²) in [4.78, 5) is 0. The molecular weight excluding hydrogens is 311 g/mol. The van der Waals surface area contributed by atoms with Crippen LogP contribution in [-0.4, -0.2) is 7.11 Å². The van der Waals surface area contributed by atoms with E-state index in [9.17, 15) is 4.39 Å². The van der Waals surface area contributed by atoms with Crippen LogP contribution in [0.25, 0.3) is 0 Å². The number of nitrogens with zero attached hydrogens (tertiary/aromatic N) is 1. The molecule has 96 valence electrons. The molecular formula is C14H10BrFN2O. The second-order valence-electron chi connectivity index (χ2n) is 3.81. The fourth-order valence-corrected chi connectivity index (χ4v) is 1.95. The predicted molar refractivity (Wildman–Crippen MR) is 75.1 cm³/mol. The molecule has 2 aromatic carbocycles. The van der Waals surface area contributed by atoms with E-state index < -0.39 is 5.82 Å². The first kappa shape index (κ1) is 13.4. The summed E-state index contributed by atoms with van der Waals surface area (Å²) in [5.41, 5.74) is 1.50. The molecule has 2 rings (SSSR count). The van der Waals surface area contributed by atoms with E-state index in [1.807, 2.05) is 18.2 Å². The number of halogens is 2. The minimum absolute atomic E-state index is 0.265. The van der Waals surface area contributed by atoms with E-state index in [0.717, 1.165) is 10.2 Å². The minimum Gasteiger partial charge on any atom is -0.497 e. The predicted octanol–water partition coefficient (Wildman–Crippen LogP) is 4.21. The minimum atomic E-state index is -0.458. The molecule has 0 amide bonds. The molecule has 0 saturated heterocycles. The SMILES string of the molecule is COc1ccc(Br)c(Nc2cc(F)cc(C#N)c2)c1. The zero-order chi connectivity index (χ0) is 13.8. The van der Waals surface area contributed by atoms with Crippen LogP contribution in [-0.2, 0) is 0 Å². The van der Waals surface area contributed by atoms with Gasteiger partial charge in [0.25, 0.3) is 0 Å². The Morgan fingerprint density at radius 2 is 2.05 bits per heavy atom. The maximum Gasteiger partial charge on any atom is 0.126 e. The van der Waals surface area contributed by atoms with Crippen LogP contribution >= 0.6 is 15.9 Å². The average molecular weight is 321 g/mol. The van der Waals surface area contributed by atoms with Gasteiger partial charge in [-0.1, -0.05) is 0 Å². The van der Waals surface area contributed by atoms with Crippen molar-refractivity contribution in [3.05, 3.63) is 52.3 Å². The van der Waals surface area contributed by atoms with E-state index in [4.69, 9.17) is 10.00 Å². The van der Waals surface area contributed by atoms with Crippen LogP contribution in [0.15, 0.2) is 40.9 Å². The number of nitrogens with one attached hydrogen (secondary N) is 1. The average Bonchev–Trinajstić information content (AvgIpc) is 2.40. The zero-order valence-electron chi connectivity index (χ0n) is 10.1. The molecule has 0 unspecified atom stereocenters. The van der Waals surface area contributed by atoms with Gasteiger partial charge in [-0.25, -0.2) is 4.39 Å². The first-order valence-electron chi connectivity index (χ1n) is 5.43. The van der Waals surface area contributed by atoms with Crippen LogP contribution < -0.4 is 10.1 Å². The van der Waals surface area contributed by atoms with Gasteiger partial charge in [0.1, 0.15) is 11.6 Å². The van der Waals surface area contributed by atoms with Crippen molar-refractivity contribution in [2.75, 3.05) is 12.4 Å². The van der Waals surface area contributed by atoms with Gasteiger partial charge in [-0.05, 0) is 46.3 Å². The second kappa shape index (κ2) is 5.72. The molecule has 2 aromatic rings. The number of ether oxygens (including phenoxy) is 1. The van der Waals surface area contributed by atoms with E-state index in [1.54, 1.807) is 19.2 Å². The summed E-state index contributed by atoms with van der Waals surface area (Å²) in [6, 6.07) is 11.4. The molecule has 0 aliphatic carbocycles. The van der Waals surface area contributed by atoms with Gasteiger partial charge in [0.05, 0.1) is 24.4 Å². The third-order valence-electron chi connectivity index (χ3n) is 2.48. The summed E-state index contributed by atoms with van der Waals surface area (Å²) in [5, 5.41) is 11.9. The summed E-state index contributed by atoms with van der Waals surface area (Å²) in [5.74, 6) is 0.225. The van der Waals surface area contributed by atoms with Crippen molar-refractivity contribution in [1.82, 2.24) is 0 Å². The van der Waals surface area contributed by atoms with Crippen molar-refractivity contribution in [3.8, 4) is 11.8 Å². The lowest BCUT2D eigenvalue weighted by Crippen LogP contribution is -1.94. The topological polar surface area (TPSA) is 45.0 Å². The van der Waals surface area contributed by atoms with Gasteiger partial charge in [-0.2, -0.15) is 5.26 Å². The number of methoxy groups -OCH3 is 1.